The van der Waals surface area contributed by atoms with E-state index in [4.69, 9.17) is 0 Å². The van der Waals surface area contributed by atoms with Gasteiger partial charge < -0.3 is 4.90 Å². The van der Waals surface area contributed by atoms with Gasteiger partial charge in [-0.05, 0) is 43.9 Å². The highest BCUT2D eigenvalue weighted by Crippen LogP contribution is 2.47. The molecule has 0 bridgehead atoms. The Morgan fingerprint density at radius 3 is 2.62 bits per heavy atom. The van der Waals surface area contributed by atoms with Gasteiger partial charge in [0.05, 0.1) is 0 Å². The van der Waals surface area contributed by atoms with Crippen LogP contribution in [0.3, 0.4) is 0 Å². The molecule has 2 rings (SSSR count). The van der Waals surface area contributed by atoms with Gasteiger partial charge in [-0.3, -0.25) is 0 Å². The van der Waals surface area contributed by atoms with Gasteiger partial charge in [-0.1, -0.05) is 6.42 Å². The van der Waals surface area contributed by atoms with Crippen LogP contribution in [0.15, 0.2) is 0 Å². The zero-order valence-corrected chi connectivity index (χ0v) is 9.54. The van der Waals surface area contributed by atoms with Gasteiger partial charge in [0.25, 0.3) is 0 Å². The maximum Gasteiger partial charge on any atom is 0.00725 e. The van der Waals surface area contributed by atoms with E-state index in [0.29, 0.717) is 0 Å². The lowest BCUT2D eigenvalue weighted by molar-refractivity contribution is 0.0234. The largest absolute Gasteiger partial charge is 0.302 e. The molecule has 13 heavy (non-hydrogen) atoms. The van der Waals surface area contributed by atoms with Gasteiger partial charge in [0.1, 0.15) is 0 Å². The summed E-state index contributed by atoms with van der Waals surface area (Å²) >= 11 is 1.98. The number of thioether (sulfide) groups is 1. The SMILES string of the molecule is CSCCN1CCCC2(CCC2)C1. The highest BCUT2D eigenvalue weighted by Gasteiger charge is 2.39. The van der Waals surface area contributed by atoms with Gasteiger partial charge in [-0.15, -0.1) is 0 Å². The summed E-state index contributed by atoms with van der Waals surface area (Å²) in [4.78, 5) is 2.69. The monoisotopic (exact) mass is 199 g/mol. The number of nitrogens with zero attached hydrogens (tertiary/aromatic N) is 1. The number of hydrogen-bond acceptors (Lipinski definition) is 2. The number of likely N-dealkylation sites (tertiary alicyclic amines) is 1. The van der Waals surface area contributed by atoms with Crippen molar-refractivity contribution in [1.29, 1.82) is 0 Å². The summed E-state index contributed by atoms with van der Waals surface area (Å²) < 4.78 is 0. The van der Waals surface area contributed by atoms with Crippen molar-refractivity contribution in [3.05, 3.63) is 0 Å². The predicted molar refractivity (Wildman–Crippen MR) is 60.3 cm³/mol. The fourth-order valence-corrected chi connectivity index (χ4v) is 3.25. The minimum atomic E-state index is 0.788. The molecule has 0 aromatic rings. The Kier molecular flexibility index (Phi) is 3.20. The van der Waals surface area contributed by atoms with Crippen molar-refractivity contribution in [3.8, 4) is 0 Å². The van der Waals surface area contributed by atoms with E-state index in [9.17, 15) is 0 Å². The highest BCUT2D eigenvalue weighted by molar-refractivity contribution is 7.98. The van der Waals surface area contributed by atoms with E-state index in [1.165, 1.54) is 57.5 Å². The molecule has 1 saturated carbocycles. The van der Waals surface area contributed by atoms with Crippen LogP contribution in [0.5, 0.6) is 0 Å². The lowest BCUT2D eigenvalue weighted by Gasteiger charge is -2.49. The third kappa shape index (κ3) is 2.21. The van der Waals surface area contributed by atoms with Crippen molar-refractivity contribution in [2.45, 2.75) is 32.1 Å². The summed E-state index contributed by atoms with van der Waals surface area (Å²) in [6, 6.07) is 0. The molecule has 2 aliphatic rings. The second kappa shape index (κ2) is 4.22. The molecular formula is C11H21NS. The zero-order chi connectivity index (χ0) is 9.15. The maximum atomic E-state index is 2.69. The second-order valence-corrected chi connectivity index (χ2v) is 5.71. The molecule has 1 aliphatic heterocycles. The summed E-state index contributed by atoms with van der Waals surface area (Å²) in [6.45, 7) is 4.10. The number of piperidine rings is 1. The molecule has 1 nitrogen and oxygen atoms in total. The van der Waals surface area contributed by atoms with Crippen LogP contribution in [0.4, 0.5) is 0 Å². The second-order valence-electron chi connectivity index (χ2n) is 4.73. The van der Waals surface area contributed by atoms with E-state index in [0.717, 1.165) is 5.41 Å². The first-order valence-electron chi connectivity index (χ1n) is 5.56. The standard InChI is InChI=1S/C11H21NS/c1-13-9-8-12-7-3-6-11(10-12)4-2-5-11/h2-10H2,1H3. The van der Waals surface area contributed by atoms with Gasteiger partial charge in [-0.25, -0.2) is 0 Å². The molecule has 0 aromatic carbocycles. The first-order valence-corrected chi connectivity index (χ1v) is 6.95. The molecule has 1 aliphatic carbocycles. The van der Waals surface area contributed by atoms with Crippen LogP contribution < -0.4 is 0 Å². The van der Waals surface area contributed by atoms with Crippen LogP contribution in [0, 0.1) is 5.41 Å². The van der Waals surface area contributed by atoms with Crippen molar-refractivity contribution < 1.29 is 0 Å². The minimum absolute atomic E-state index is 0.788. The van der Waals surface area contributed by atoms with Gasteiger partial charge in [0, 0.05) is 18.8 Å². The van der Waals surface area contributed by atoms with Crippen LogP contribution in [-0.4, -0.2) is 36.5 Å². The molecule has 0 amide bonds. The molecule has 0 N–H and O–H groups in total. The highest BCUT2D eigenvalue weighted by atomic mass is 32.2. The van der Waals surface area contributed by atoms with E-state index >= 15 is 0 Å². The third-order valence-electron chi connectivity index (χ3n) is 3.77. The minimum Gasteiger partial charge on any atom is -0.302 e. The Morgan fingerprint density at radius 1 is 1.23 bits per heavy atom. The molecule has 1 saturated heterocycles. The van der Waals surface area contributed by atoms with Crippen molar-refractivity contribution in [3.63, 3.8) is 0 Å². The van der Waals surface area contributed by atoms with Crippen LogP contribution in [0.1, 0.15) is 32.1 Å². The summed E-state index contributed by atoms with van der Waals surface area (Å²) in [6.07, 6.45) is 9.71. The third-order valence-corrected chi connectivity index (χ3v) is 4.36. The predicted octanol–water partition coefficient (Wildman–Crippen LogP) is 2.62. The van der Waals surface area contributed by atoms with Crippen LogP contribution in [0.2, 0.25) is 0 Å². The van der Waals surface area contributed by atoms with E-state index < -0.39 is 0 Å². The fourth-order valence-electron chi connectivity index (χ4n) is 2.81. The Balaban J connectivity index is 1.78. The molecule has 76 valence electrons. The number of rotatable bonds is 3. The first kappa shape index (κ1) is 9.85. The fraction of sp³-hybridized carbons (Fsp3) is 1.00. The molecule has 0 atom stereocenters. The quantitative estimate of drug-likeness (QED) is 0.687. The molecule has 0 unspecified atom stereocenters. The molecule has 0 aromatic heterocycles. The van der Waals surface area contributed by atoms with Crippen molar-refractivity contribution in [2.75, 3.05) is 31.6 Å². The van der Waals surface area contributed by atoms with Gasteiger partial charge in [-0.2, -0.15) is 11.8 Å². The molecule has 1 spiro atoms. The Bertz CT molecular complexity index is 165. The van der Waals surface area contributed by atoms with Crippen LogP contribution >= 0.6 is 11.8 Å². The summed E-state index contributed by atoms with van der Waals surface area (Å²) in [5.74, 6) is 1.32. The topological polar surface area (TPSA) is 3.24 Å². The Hall–Kier alpha value is 0.310. The summed E-state index contributed by atoms with van der Waals surface area (Å²) in [7, 11) is 0. The summed E-state index contributed by atoms with van der Waals surface area (Å²) in [5, 5.41) is 0. The molecular weight excluding hydrogens is 178 g/mol. The lowest BCUT2D eigenvalue weighted by Crippen LogP contribution is -2.47. The van der Waals surface area contributed by atoms with Crippen molar-refractivity contribution in [1.82, 2.24) is 4.90 Å². The zero-order valence-electron chi connectivity index (χ0n) is 8.72. The molecule has 1 heterocycles. The van der Waals surface area contributed by atoms with E-state index in [2.05, 4.69) is 11.2 Å². The molecule has 2 heteroatoms. The molecule has 0 radical (unpaired) electrons. The van der Waals surface area contributed by atoms with E-state index in [1.54, 1.807) is 0 Å². The van der Waals surface area contributed by atoms with Crippen molar-refractivity contribution >= 4 is 11.8 Å². The first-order chi connectivity index (χ1) is 6.35. The normalized spacial score (nSPS) is 27.5. The van der Waals surface area contributed by atoms with Gasteiger partial charge >= 0.3 is 0 Å². The average Bonchev–Trinajstić information content (AvgIpc) is 2.13. The summed E-state index contributed by atoms with van der Waals surface area (Å²) in [5.41, 5.74) is 0.788. The average molecular weight is 199 g/mol. The van der Waals surface area contributed by atoms with E-state index in [-0.39, 0.29) is 0 Å². The Labute approximate surface area is 86.3 Å². The van der Waals surface area contributed by atoms with Crippen LogP contribution in [0.25, 0.3) is 0 Å². The van der Waals surface area contributed by atoms with Crippen molar-refractivity contribution in [2.24, 2.45) is 5.41 Å². The van der Waals surface area contributed by atoms with Crippen LogP contribution in [-0.2, 0) is 0 Å². The lowest BCUT2D eigenvalue weighted by atomic mass is 9.64. The maximum absolute atomic E-state index is 2.69. The van der Waals surface area contributed by atoms with Gasteiger partial charge in [0.15, 0.2) is 0 Å². The number of hydrogen-bond donors (Lipinski definition) is 0. The smallest absolute Gasteiger partial charge is 0.00725 e. The molecule has 2 fully saturated rings. The van der Waals surface area contributed by atoms with Gasteiger partial charge in [0.2, 0.25) is 0 Å². The van der Waals surface area contributed by atoms with E-state index in [1.807, 2.05) is 11.8 Å². The Morgan fingerprint density at radius 2 is 2.00 bits per heavy atom.